The highest BCUT2D eigenvalue weighted by Gasteiger charge is 2.37. The van der Waals surface area contributed by atoms with Gasteiger partial charge in [0.25, 0.3) is 0 Å². The highest BCUT2D eigenvalue weighted by Crippen LogP contribution is 2.47. The normalized spacial score (nSPS) is 29.5. The molecule has 0 N–H and O–H groups in total. The minimum Gasteiger partial charge on any atom is -0.0654 e. The highest BCUT2D eigenvalue weighted by molar-refractivity contribution is 4.87. The fourth-order valence-corrected chi connectivity index (χ4v) is 2.32. The van der Waals surface area contributed by atoms with Crippen LogP contribution in [-0.2, 0) is 0 Å². The molecule has 1 rings (SSSR count). The van der Waals surface area contributed by atoms with E-state index >= 15 is 0 Å². The average molecular weight is 154 g/mol. The maximum Gasteiger partial charge on any atom is -0.0357 e. The molecule has 11 heavy (non-hydrogen) atoms. The maximum atomic E-state index is 2.41. The van der Waals surface area contributed by atoms with Crippen LogP contribution in [0.5, 0.6) is 0 Å². The van der Waals surface area contributed by atoms with E-state index < -0.39 is 0 Å². The van der Waals surface area contributed by atoms with Crippen molar-refractivity contribution >= 4 is 0 Å². The summed E-state index contributed by atoms with van der Waals surface area (Å²) in [5.74, 6) is 3.23. The van der Waals surface area contributed by atoms with Gasteiger partial charge < -0.3 is 0 Å². The van der Waals surface area contributed by atoms with Crippen LogP contribution in [0.4, 0.5) is 0 Å². The Hall–Kier alpha value is 0. The third-order valence-electron chi connectivity index (χ3n) is 3.10. The van der Waals surface area contributed by atoms with Gasteiger partial charge in [-0.2, -0.15) is 0 Å². The summed E-state index contributed by atoms with van der Waals surface area (Å²) in [5.41, 5.74) is 0. The molecule has 1 saturated carbocycles. The maximum absolute atomic E-state index is 2.41. The Morgan fingerprint density at radius 1 is 1.18 bits per heavy atom. The smallest absolute Gasteiger partial charge is 0.0357 e. The summed E-state index contributed by atoms with van der Waals surface area (Å²) < 4.78 is 0. The molecule has 0 radical (unpaired) electrons. The van der Waals surface area contributed by atoms with E-state index in [1.54, 1.807) is 0 Å². The lowest BCUT2D eigenvalue weighted by atomic mass is 9.92. The van der Waals surface area contributed by atoms with Gasteiger partial charge in [0.05, 0.1) is 0 Å². The average Bonchev–Trinajstić information content (AvgIpc) is 2.67. The number of rotatable bonds is 5. The minimum absolute atomic E-state index is 1.05. The van der Waals surface area contributed by atoms with Crippen LogP contribution in [0.1, 0.15) is 52.9 Å². The van der Waals surface area contributed by atoms with Crippen molar-refractivity contribution in [1.29, 1.82) is 0 Å². The molecule has 0 saturated heterocycles. The molecule has 0 spiro atoms. The Balaban J connectivity index is 2.22. The topological polar surface area (TPSA) is 0 Å². The van der Waals surface area contributed by atoms with E-state index in [2.05, 4.69) is 20.8 Å². The molecule has 2 unspecified atom stereocenters. The molecule has 1 fully saturated rings. The van der Waals surface area contributed by atoms with Gasteiger partial charge in [-0.25, -0.2) is 0 Å². The minimum atomic E-state index is 1.05. The second-order valence-corrected chi connectivity index (χ2v) is 4.21. The van der Waals surface area contributed by atoms with E-state index in [9.17, 15) is 0 Å². The molecule has 66 valence electrons. The van der Waals surface area contributed by atoms with Crippen molar-refractivity contribution in [1.82, 2.24) is 0 Å². The Morgan fingerprint density at radius 3 is 1.91 bits per heavy atom. The fourth-order valence-electron chi connectivity index (χ4n) is 2.32. The van der Waals surface area contributed by atoms with Crippen LogP contribution in [0.2, 0.25) is 0 Å². The molecule has 0 amide bonds. The van der Waals surface area contributed by atoms with E-state index in [0.717, 1.165) is 17.8 Å². The molecule has 0 heteroatoms. The Labute approximate surface area is 71.4 Å². The third-order valence-corrected chi connectivity index (χ3v) is 3.10. The molecular formula is C11H22. The molecule has 1 aliphatic rings. The molecule has 0 bridgehead atoms. The molecule has 1 aliphatic carbocycles. The Morgan fingerprint density at radius 2 is 1.64 bits per heavy atom. The molecule has 0 nitrogen and oxygen atoms in total. The zero-order valence-corrected chi connectivity index (χ0v) is 8.27. The predicted octanol–water partition coefficient (Wildman–Crippen LogP) is 3.86. The Bertz CT molecular complexity index is 101. The van der Waals surface area contributed by atoms with Crippen molar-refractivity contribution in [3.63, 3.8) is 0 Å². The lowest BCUT2D eigenvalue weighted by Crippen LogP contribution is -2.03. The first-order chi connectivity index (χ1) is 5.29. The second-order valence-electron chi connectivity index (χ2n) is 4.21. The molecule has 0 aromatic rings. The highest BCUT2D eigenvalue weighted by atomic mass is 14.4. The lowest BCUT2D eigenvalue weighted by Gasteiger charge is -2.13. The lowest BCUT2D eigenvalue weighted by molar-refractivity contribution is 0.376. The summed E-state index contributed by atoms with van der Waals surface area (Å²) in [4.78, 5) is 0. The van der Waals surface area contributed by atoms with Gasteiger partial charge in [-0.05, 0) is 24.2 Å². The summed E-state index contributed by atoms with van der Waals surface area (Å²) in [6, 6.07) is 0. The van der Waals surface area contributed by atoms with Crippen molar-refractivity contribution in [2.45, 2.75) is 52.9 Å². The van der Waals surface area contributed by atoms with Crippen molar-refractivity contribution in [3.05, 3.63) is 0 Å². The van der Waals surface area contributed by atoms with Crippen molar-refractivity contribution < 1.29 is 0 Å². The molecule has 2 atom stereocenters. The summed E-state index contributed by atoms with van der Waals surface area (Å²) in [7, 11) is 0. The van der Waals surface area contributed by atoms with E-state index in [0.29, 0.717) is 0 Å². The van der Waals surface area contributed by atoms with Crippen LogP contribution in [0.25, 0.3) is 0 Å². The fraction of sp³-hybridized carbons (Fsp3) is 1.00. The van der Waals surface area contributed by atoms with Crippen LogP contribution in [0.3, 0.4) is 0 Å². The van der Waals surface area contributed by atoms with Crippen molar-refractivity contribution in [2.24, 2.45) is 17.8 Å². The van der Waals surface area contributed by atoms with Crippen LogP contribution in [-0.4, -0.2) is 0 Å². The van der Waals surface area contributed by atoms with Crippen molar-refractivity contribution in [3.8, 4) is 0 Å². The summed E-state index contributed by atoms with van der Waals surface area (Å²) in [6.45, 7) is 7.04. The van der Waals surface area contributed by atoms with Gasteiger partial charge in [0.15, 0.2) is 0 Å². The molecule has 0 aliphatic heterocycles. The summed E-state index contributed by atoms with van der Waals surface area (Å²) in [6.07, 6.45) is 7.23. The van der Waals surface area contributed by atoms with Crippen molar-refractivity contribution in [2.75, 3.05) is 0 Å². The van der Waals surface area contributed by atoms with Crippen LogP contribution in [0, 0.1) is 17.8 Å². The monoisotopic (exact) mass is 154 g/mol. The van der Waals surface area contributed by atoms with Crippen LogP contribution in [0.15, 0.2) is 0 Å². The molecular weight excluding hydrogens is 132 g/mol. The molecule has 0 aromatic heterocycles. The summed E-state index contributed by atoms with van der Waals surface area (Å²) in [5, 5.41) is 0. The predicted molar refractivity (Wildman–Crippen MR) is 50.6 cm³/mol. The number of hydrogen-bond acceptors (Lipinski definition) is 0. The second kappa shape index (κ2) is 4.13. The molecule has 0 heterocycles. The van der Waals surface area contributed by atoms with Crippen LogP contribution >= 0.6 is 0 Å². The van der Waals surface area contributed by atoms with E-state index in [4.69, 9.17) is 0 Å². The van der Waals surface area contributed by atoms with E-state index in [1.807, 2.05) is 0 Å². The van der Waals surface area contributed by atoms with Gasteiger partial charge in [-0.15, -0.1) is 0 Å². The van der Waals surface area contributed by atoms with Gasteiger partial charge in [-0.1, -0.05) is 46.5 Å². The summed E-state index contributed by atoms with van der Waals surface area (Å²) >= 11 is 0. The van der Waals surface area contributed by atoms with Gasteiger partial charge in [-0.3, -0.25) is 0 Å². The first-order valence-electron chi connectivity index (χ1n) is 5.29. The zero-order chi connectivity index (χ0) is 8.27. The third kappa shape index (κ3) is 2.50. The van der Waals surface area contributed by atoms with E-state index in [1.165, 1.54) is 32.1 Å². The first-order valence-corrected chi connectivity index (χ1v) is 5.29. The Kier molecular flexibility index (Phi) is 3.42. The number of hydrogen-bond donors (Lipinski definition) is 0. The zero-order valence-electron chi connectivity index (χ0n) is 8.27. The van der Waals surface area contributed by atoms with Gasteiger partial charge >= 0.3 is 0 Å². The van der Waals surface area contributed by atoms with Gasteiger partial charge in [0, 0.05) is 0 Å². The van der Waals surface area contributed by atoms with Crippen LogP contribution < -0.4 is 0 Å². The first kappa shape index (κ1) is 9.09. The SMILES string of the molecule is CCCC(CCC)C1CC1C. The largest absolute Gasteiger partial charge is 0.0654 e. The standard InChI is InChI=1S/C11H22/c1-4-6-10(7-5-2)11-8-9(11)3/h9-11H,4-8H2,1-3H3. The van der Waals surface area contributed by atoms with Gasteiger partial charge in [0.1, 0.15) is 0 Å². The quantitative estimate of drug-likeness (QED) is 0.564. The van der Waals surface area contributed by atoms with E-state index in [-0.39, 0.29) is 0 Å². The molecule has 0 aromatic carbocycles. The van der Waals surface area contributed by atoms with Gasteiger partial charge in [0.2, 0.25) is 0 Å².